The summed E-state index contributed by atoms with van der Waals surface area (Å²) in [7, 11) is -3.64. The molecule has 0 unspecified atom stereocenters. The van der Waals surface area contributed by atoms with Crippen molar-refractivity contribution >= 4 is 32.4 Å². The van der Waals surface area contributed by atoms with Crippen LogP contribution in [0.4, 0.5) is 5.13 Å². The molecule has 0 radical (unpaired) electrons. The van der Waals surface area contributed by atoms with Crippen molar-refractivity contribution in [2.45, 2.75) is 17.8 Å². The van der Waals surface area contributed by atoms with E-state index in [1.807, 2.05) is 6.07 Å². The molecule has 1 aromatic heterocycles. The number of anilines is 1. The molecule has 1 aliphatic rings. The fourth-order valence-electron chi connectivity index (χ4n) is 2.03. The maximum atomic E-state index is 12.3. The molecule has 9 heteroatoms. The van der Waals surface area contributed by atoms with Crippen molar-refractivity contribution < 1.29 is 17.9 Å². The molecule has 0 atom stereocenters. The summed E-state index contributed by atoms with van der Waals surface area (Å²) in [5.74, 6) is -0.421. The van der Waals surface area contributed by atoms with Gasteiger partial charge in [-0.2, -0.15) is 9.36 Å². The number of aromatic nitrogens is 2. The molecule has 3 rings (SSSR count). The zero-order chi connectivity index (χ0) is 16.5. The van der Waals surface area contributed by atoms with Gasteiger partial charge in [-0.3, -0.25) is 4.79 Å². The topological polar surface area (TPSA) is 98.2 Å². The molecule has 0 spiro atoms. The van der Waals surface area contributed by atoms with Crippen LogP contribution in [0.5, 0.6) is 0 Å². The van der Waals surface area contributed by atoms with E-state index >= 15 is 0 Å². The maximum absolute atomic E-state index is 12.3. The normalized spacial score (nSPS) is 16.6. The summed E-state index contributed by atoms with van der Waals surface area (Å²) in [4.78, 5) is 16.0. The summed E-state index contributed by atoms with van der Waals surface area (Å²) < 4.78 is 33.5. The van der Waals surface area contributed by atoms with Crippen LogP contribution in [0.3, 0.4) is 0 Å². The second-order valence-electron chi connectivity index (χ2n) is 5.63. The molecule has 7 nitrogen and oxygen atoms in total. The van der Waals surface area contributed by atoms with Crippen LogP contribution in [0.2, 0.25) is 0 Å². The van der Waals surface area contributed by atoms with E-state index in [9.17, 15) is 13.2 Å². The number of nitrogens with zero attached hydrogens (tertiary/aromatic N) is 2. The summed E-state index contributed by atoms with van der Waals surface area (Å²) in [5.41, 5.74) is 0.0707. The van der Waals surface area contributed by atoms with Gasteiger partial charge in [0.25, 0.3) is 5.16 Å². The fourth-order valence-corrected chi connectivity index (χ4v) is 4.12. The quantitative estimate of drug-likeness (QED) is 0.874. The molecule has 0 bridgehead atoms. The Labute approximate surface area is 137 Å². The molecule has 0 aliphatic carbocycles. The molecule has 1 fully saturated rings. The number of benzene rings is 1. The second kappa shape index (κ2) is 5.99. The first-order valence-corrected chi connectivity index (χ1v) is 9.31. The van der Waals surface area contributed by atoms with Gasteiger partial charge in [0, 0.05) is 11.5 Å². The molecule has 2 heterocycles. The fraction of sp³-hybridized carbons (Fsp3) is 0.357. The zero-order valence-electron chi connectivity index (χ0n) is 12.4. The van der Waals surface area contributed by atoms with E-state index in [0.29, 0.717) is 18.8 Å². The SMILES string of the molecule is CC1(C(=O)Nc2nc(S(=O)(=O)Cc3ccccc3)ns2)COC1. The van der Waals surface area contributed by atoms with Crippen molar-refractivity contribution in [3.05, 3.63) is 35.9 Å². The molecule has 1 aliphatic heterocycles. The van der Waals surface area contributed by atoms with Gasteiger partial charge in [-0.05, 0) is 12.5 Å². The van der Waals surface area contributed by atoms with Crippen LogP contribution in [-0.4, -0.2) is 36.9 Å². The van der Waals surface area contributed by atoms with Gasteiger partial charge in [0.05, 0.1) is 24.4 Å². The number of hydrogen-bond acceptors (Lipinski definition) is 7. The smallest absolute Gasteiger partial charge is 0.261 e. The van der Waals surface area contributed by atoms with Crippen LogP contribution in [0.1, 0.15) is 12.5 Å². The van der Waals surface area contributed by atoms with Crippen LogP contribution in [-0.2, 0) is 25.1 Å². The molecule has 0 saturated carbocycles. The summed E-state index contributed by atoms with van der Waals surface area (Å²) >= 11 is 0.853. The minimum atomic E-state index is -3.64. The van der Waals surface area contributed by atoms with Crippen LogP contribution >= 0.6 is 11.5 Å². The number of carbonyl (C=O) groups is 1. The standard InChI is InChI=1S/C14H15N3O4S2/c1-14(8-21-9-14)11(18)15-12-16-13(17-22-12)23(19,20)7-10-5-3-2-4-6-10/h2-6H,7-9H2,1H3,(H,15,16,17,18). The van der Waals surface area contributed by atoms with Crippen LogP contribution in [0.15, 0.2) is 35.5 Å². The third-order valence-electron chi connectivity index (χ3n) is 3.49. The molecule has 1 aromatic carbocycles. The number of amides is 1. The monoisotopic (exact) mass is 353 g/mol. The van der Waals surface area contributed by atoms with Crippen molar-refractivity contribution in [1.82, 2.24) is 9.36 Å². The summed E-state index contributed by atoms with van der Waals surface area (Å²) in [6.07, 6.45) is 0. The molecule has 122 valence electrons. The minimum absolute atomic E-state index is 0.176. The zero-order valence-corrected chi connectivity index (χ0v) is 14.0. The lowest BCUT2D eigenvalue weighted by Crippen LogP contribution is -2.49. The number of carbonyl (C=O) groups excluding carboxylic acids is 1. The Bertz CT molecular complexity index is 814. The van der Waals surface area contributed by atoms with Crippen LogP contribution in [0.25, 0.3) is 0 Å². The van der Waals surface area contributed by atoms with Gasteiger partial charge < -0.3 is 10.1 Å². The van der Waals surface area contributed by atoms with Crippen molar-refractivity contribution in [2.75, 3.05) is 18.5 Å². The van der Waals surface area contributed by atoms with E-state index in [1.165, 1.54) is 0 Å². The maximum Gasteiger partial charge on any atom is 0.261 e. The number of ether oxygens (including phenoxy) is 1. The highest BCUT2D eigenvalue weighted by Gasteiger charge is 2.41. The Morgan fingerprint density at radius 3 is 2.65 bits per heavy atom. The van der Waals surface area contributed by atoms with E-state index in [0.717, 1.165) is 11.5 Å². The van der Waals surface area contributed by atoms with Crippen molar-refractivity contribution in [1.29, 1.82) is 0 Å². The summed E-state index contributed by atoms with van der Waals surface area (Å²) in [6.45, 7) is 2.47. The average molecular weight is 353 g/mol. The Morgan fingerprint density at radius 2 is 2.04 bits per heavy atom. The van der Waals surface area contributed by atoms with E-state index in [-0.39, 0.29) is 21.9 Å². The summed E-state index contributed by atoms with van der Waals surface area (Å²) in [5, 5.41) is 2.51. The predicted octanol–water partition coefficient (Wildman–Crippen LogP) is 1.49. The van der Waals surface area contributed by atoms with Gasteiger partial charge in [0.15, 0.2) is 0 Å². The highest BCUT2D eigenvalue weighted by molar-refractivity contribution is 7.90. The molecule has 1 saturated heterocycles. The van der Waals surface area contributed by atoms with Crippen molar-refractivity contribution in [2.24, 2.45) is 5.41 Å². The Kier molecular flexibility index (Phi) is 4.17. The third-order valence-corrected chi connectivity index (χ3v) is 5.69. The van der Waals surface area contributed by atoms with Gasteiger partial charge in [-0.15, -0.1) is 0 Å². The van der Waals surface area contributed by atoms with Gasteiger partial charge in [-0.25, -0.2) is 8.42 Å². The molecular weight excluding hydrogens is 338 g/mol. The lowest BCUT2D eigenvalue weighted by Gasteiger charge is -2.35. The average Bonchev–Trinajstić information content (AvgIpc) is 2.94. The van der Waals surface area contributed by atoms with Crippen LogP contribution in [0, 0.1) is 5.41 Å². The van der Waals surface area contributed by atoms with Gasteiger partial charge >= 0.3 is 0 Å². The van der Waals surface area contributed by atoms with Gasteiger partial charge in [0.2, 0.25) is 20.9 Å². The predicted molar refractivity (Wildman–Crippen MR) is 84.8 cm³/mol. The molecule has 2 aromatic rings. The first-order valence-electron chi connectivity index (χ1n) is 6.89. The van der Waals surface area contributed by atoms with E-state index in [2.05, 4.69) is 14.7 Å². The lowest BCUT2D eigenvalue weighted by atomic mass is 9.88. The van der Waals surface area contributed by atoms with E-state index < -0.39 is 15.3 Å². The minimum Gasteiger partial charge on any atom is -0.379 e. The Balaban J connectivity index is 1.72. The first kappa shape index (κ1) is 16.0. The largest absolute Gasteiger partial charge is 0.379 e. The second-order valence-corrected chi connectivity index (χ2v) is 8.27. The third kappa shape index (κ3) is 3.41. The highest BCUT2D eigenvalue weighted by Crippen LogP contribution is 2.29. The first-order chi connectivity index (χ1) is 10.9. The number of sulfone groups is 1. The molecule has 1 N–H and O–H groups in total. The van der Waals surface area contributed by atoms with Gasteiger partial charge in [0.1, 0.15) is 0 Å². The number of rotatable bonds is 5. The summed E-state index contributed by atoms with van der Waals surface area (Å²) in [6, 6.07) is 8.81. The number of hydrogen-bond donors (Lipinski definition) is 1. The molecular formula is C14H15N3O4S2. The van der Waals surface area contributed by atoms with E-state index in [1.54, 1.807) is 31.2 Å². The van der Waals surface area contributed by atoms with Crippen LogP contribution < -0.4 is 5.32 Å². The number of nitrogens with one attached hydrogen (secondary N) is 1. The molecule has 23 heavy (non-hydrogen) atoms. The van der Waals surface area contributed by atoms with Crippen molar-refractivity contribution in [3.8, 4) is 0 Å². The Morgan fingerprint density at radius 1 is 1.35 bits per heavy atom. The highest BCUT2D eigenvalue weighted by atomic mass is 32.2. The lowest BCUT2D eigenvalue weighted by molar-refractivity contribution is -0.151. The molecule has 1 amide bonds. The van der Waals surface area contributed by atoms with E-state index in [4.69, 9.17) is 4.74 Å². The van der Waals surface area contributed by atoms with Gasteiger partial charge in [-0.1, -0.05) is 30.3 Å². The Hall–Kier alpha value is -1.84. The van der Waals surface area contributed by atoms with Crippen molar-refractivity contribution in [3.63, 3.8) is 0 Å².